The van der Waals surface area contributed by atoms with Crippen molar-refractivity contribution in [2.45, 2.75) is 37.8 Å². The van der Waals surface area contributed by atoms with Crippen molar-refractivity contribution in [1.29, 1.82) is 0 Å². The Bertz CT molecular complexity index is 980. The van der Waals surface area contributed by atoms with Gasteiger partial charge in [0.1, 0.15) is 17.4 Å². The van der Waals surface area contributed by atoms with Crippen molar-refractivity contribution in [1.82, 2.24) is 20.4 Å². The molecule has 1 amide bonds. The first kappa shape index (κ1) is 15.3. The van der Waals surface area contributed by atoms with Crippen molar-refractivity contribution in [3.8, 4) is 0 Å². The van der Waals surface area contributed by atoms with Gasteiger partial charge in [-0.1, -0.05) is 5.16 Å². The smallest absolute Gasteiger partial charge is 0.299 e. The standard InChI is InChI=1S/C17H16FN5O3/c18-9-3-6-13-11(8-9)20-17(25-13)23-7-1-2-12(23)16-21-14(22-26-16)15(24)19-10-4-5-10/h3,6,8,10,12H,1-2,4-5,7H2,(H,19,24)/t12-/m0/s1. The zero-order valence-electron chi connectivity index (χ0n) is 13.8. The van der Waals surface area contributed by atoms with E-state index in [4.69, 9.17) is 8.94 Å². The SMILES string of the molecule is O=C(NC1CC1)c1noc([C@@H]2CCCN2c2nc3cc(F)ccc3o2)n1. The summed E-state index contributed by atoms with van der Waals surface area (Å²) in [6.45, 7) is 0.700. The molecule has 2 fully saturated rings. The number of halogens is 1. The van der Waals surface area contributed by atoms with Gasteiger partial charge in [0.15, 0.2) is 5.58 Å². The minimum atomic E-state index is -0.362. The molecule has 26 heavy (non-hydrogen) atoms. The molecule has 3 aromatic rings. The largest absolute Gasteiger partial charge is 0.423 e. The van der Waals surface area contributed by atoms with Crippen LogP contribution >= 0.6 is 0 Å². The van der Waals surface area contributed by atoms with Crippen molar-refractivity contribution >= 4 is 23.0 Å². The fraction of sp³-hybridized carbons (Fsp3) is 0.412. The van der Waals surface area contributed by atoms with E-state index in [0.717, 1.165) is 25.7 Å². The average Bonchev–Trinajstić information content (AvgIpc) is 3.08. The molecule has 1 aliphatic heterocycles. The number of carbonyl (C=O) groups is 1. The lowest BCUT2D eigenvalue weighted by atomic mass is 10.2. The maximum absolute atomic E-state index is 13.4. The van der Waals surface area contributed by atoms with Gasteiger partial charge < -0.3 is 19.2 Å². The Morgan fingerprint density at radius 3 is 3.00 bits per heavy atom. The molecule has 1 N–H and O–H groups in total. The van der Waals surface area contributed by atoms with Gasteiger partial charge >= 0.3 is 0 Å². The lowest BCUT2D eigenvalue weighted by Gasteiger charge is -2.19. The summed E-state index contributed by atoms with van der Waals surface area (Å²) < 4.78 is 24.4. The minimum Gasteiger partial charge on any atom is -0.423 e. The van der Waals surface area contributed by atoms with Crippen LogP contribution in [0.1, 0.15) is 48.2 Å². The molecular weight excluding hydrogens is 341 g/mol. The monoisotopic (exact) mass is 357 g/mol. The first-order valence-corrected chi connectivity index (χ1v) is 8.64. The van der Waals surface area contributed by atoms with Gasteiger partial charge in [0.05, 0.1) is 0 Å². The van der Waals surface area contributed by atoms with Crippen LogP contribution in [0.3, 0.4) is 0 Å². The molecule has 3 heterocycles. The Kier molecular flexibility index (Phi) is 3.41. The predicted octanol–water partition coefficient (Wildman–Crippen LogP) is 2.58. The van der Waals surface area contributed by atoms with Crippen molar-refractivity contribution in [3.05, 3.63) is 35.7 Å². The van der Waals surface area contributed by atoms with Gasteiger partial charge in [-0.05, 0) is 37.8 Å². The number of aromatic nitrogens is 3. The number of rotatable bonds is 4. The second-order valence-corrected chi connectivity index (χ2v) is 6.66. The number of anilines is 1. The van der Waals surface area contributed by atoms with Gasteiger partial charge in [0.2, 0.25) is 5.89 Å². The van der Waals surface area contributed by atoms with E-state index < -0.39 is 0 Å². The summed E-state index contributed by atoms with van der Waals surface area (Å²) in [5.74, 6) is -0.279. The summed E-state index contributed by atoms with van der Waals surface area (Å²) >= 11 is 0. The molecule has 2 aliphatic rings. The van der Waals surface area contributed by atoms with Crippen LogP contribution in [0.2, 0.25) is 0 Å². The Labute approximate surface area is 147 Å². The highest BCUT2D eigenvalue weighted by atomic mass is 19.1. The van der Waals surface area contributed by atoms with E-state index >= 15 is 0 Å². The van der Waals surface area contributed by atoms with Crippen LogP contribution in [0.15, 0.2) is 27.1 Å². The van der Waals surface area contributed by atoms with Gasteiger partial charge in [0.25, 0.3) is 17.7 Å². The number of nitrogens with one attached hydrogen (secondary N) is 1. The van der Waals surface area contributed by atoms with Crippen molar-refractivity contribution in [2.75, 3.05) is 11.4 Å². The summed E-state index contributed by atoms with van der Waals surface area (Å²) in [4.78, 5) is 22.6. The van der Waals surface area contributed by atoms with Crippen molar-refractivity contribution < 1.29 is 18.1 Å². The van der Waals surface area contributed by atoms with Gasteiger partial charge in [-0.2, -0.15) is 9.97 Å². The maximum atomic E-state index is 13.4. The molecule has 0 radical (unpaired) electrons. The van der Waals surface area contributed by atoms with Crippen molar-refractivity contribution in [2.24, 2.45) is 0 Å². The third-order valence-corrected chi connectivity index (χ3v) is 4.68. The molecular formula is C17H16FN5O3. The molecule has 5 rings (SSSR count). The quantitative estimate of drug-likeness (QED) is 0.766. The Morgan fingerprint density at radius 2 is 2.15 bits per heavy atom. The lowest BCUT2D eigenvalue weighted by Crippen LogP contribution is -2.27. The Balaban J connectivity index is 1.41. The predicted molar refractivity (Wildman–Crippen MR) is 88.1 cm³/mol. The van der Waals surface area contributed by atoms with E-state index in [9.17, 15) is 9.18 Å². The van der Waals surface area contributed by atoms with Crippen LogP contribution in [-0.2, 0) is 0 Å². The number of amides is 1. The number of fused-ring (bicyclic) bond motifs is 1. The van der Waals surface area contributed by atoms with E-state index in [-0.39, 0.29) is 29.6 Å². The molecule has 2 aromatic heterocycles. The molecule has 1 saturated heterocycles. The topological polar surface area (TPSA) is 97.3 Å². The number of hydrogen-bond acceptors (Lipinski definition) is 7. The van der Waals surface area contributed by atoms with Crippen LogP contribution < -0.4 is 10.2 Å². The van der Waals surface area contributed by atoms with Gasteiger partial charge in [0, 0.05) is 18.7 Å². The van der Waals surface area contributed by atoms with Crippen LogP contribution in [-0.4, -0.2) is 33.6 Å². The van der Waals surface area contributed by atoms with E-state index in [0.29, 0.717) is 29.5 Å². The molecule has 0 spiro atoms. The van der Waals surface area contributed by atoms with E-state index in [1.165, 1.54) is 12.1 Å². The number of oxazole rings is 1. The first-order chi connectivity index (χ1) is 12.7. The molecule has 0 unspecified atom stereocenters. The second-order valence-electron chi connectivity index (χ2n) is 6.66. The highest BCUT2D eigenvalue weighted by Gasteiger charge is 2.35. The normalized spacial score (nSPS) is 20.0. The van der Waals surface area contributed by atoms with E-state index in [1.807, 2.05) is 4.90 Å². The summed E-state index contributed by atoms with van der Waals surface area (Å²) in [6, 6.07) is 4.62. The third-order valence-electron chi connectivity index (χ3n) is 4.68. The van der Waals surface area contributed by atoms with Crippen LogP contribution in [0, 0.1) is 5.82 Å². The number of nitrogens with zero attached hydrogens (tertiary/aromatic N) is 4. The Hall–Kier alpha value is -2.97. The molecule has 9 heteroatoms. The summed E-state index contributed by atoms with van der Waals surface area (Å²) in [7, 11) is 0. The average molecular weight is 357 g/mol. The summed E-state index contributed by atoms with van der Waals surface area (Å²) in [5, 5.41) is 6.63. The van der Waals surface area contributed by atoms with Crippen molar-refractivity contribution in [3.63, 3.8) is 0 Å². The van der Waals surface area contributed by atoms with Gasteiger partial charge in [-0.25, -0.2) is 4.39 Å². The Morgan fingerprint density at radius 1 is 1.27 bits per heavy atom. The van der Waals surface area contributed by atoms with E-state index in [2.05, 4.69) is 20.4 Å². The first-order valence-electron chi connectivity index (χ1n) is 8.64. The summed E-state index contributed by atoms with van der Waals surface area (Å²) in [5.41, 5.74) is 0.975. The third kappa shape index (κ3) is 2.69. The highest BCUT2D eigenvalue weighted by molar-refractivity contribution is 5.90. The molecule has 1 atom stereocenters. The summed E-state index contributed by atoms with van der Waals surface area (Å²) in [6.07, 6.45) is 3.65. The van der Waals surface area contributed by atoms with Gasteiger partial charge in [-0.3, -0.25) is 4.79 Å². The van der Waals surface area contributed by atoms with Crippen LogP contribution in [0.25, 0.3) is 11.1 Å². The van der Waals surface area contributed by atoms with Gasteiger partial charge in [-0.15, -0.1) is 0 Å². The van der Waals surface area contributed by atoms with Crippen LogP contribution in [0.5, 0.6) is 0 Å². The fourth-order valence-electron chi connectivity index (χ4n) is 3.20. The molecule has 134 valence electrons. The minimum absolute atomic E-state index is 0.0402. The molecule has 1 aliphatic carbocycles. The highest BCUT2D eigenvalue weighted by Crippen LogP contribution is 2.36. The maximum Gasteiger partial charge on any atom is 0.299 e. The lowest BCUT2D eigenvalue weighted by molar-refractivity contribution is 0.0937. The number of carbonyl (C=O) groups excluding carboxylic acids is 1. The zero-order chi connectivity index (χ0) is 17.7. The fourth-order valence-corrected chi connectivity index (χ4v) is 3.20. The molecule has 1 saturated carbocycles. The zero-order valence-corrected chi connectivity index (χ0v) is 13.8. The molecule has 1 aromatic carbocycles. The second kappa shape index (κ2) is 5.79. The van der Waals surface area contributed by atoms with E-state index in [1.54, 1.807) is 6.07 Å². The number of benzene rings is 1. The number of hydrogen-bond donors (Lipinski definition) is 1. The molecule has 0 bridgehead atoms. The van der Waals surface area contributed by atoms with Crippen LogP contribution in [0.4, 0.5) is 10.4 Å². The molecule has 8 nitrogen and oxygen atoms in total.